The molecular weight excluding hydrogens is 309 g/mol. The fraction of sp³-hybridized carbons (Fsp3) is 0.467. The van der Waals surface area contributed by atoms with Crippen molar-refractivity contribution in [2.75, 3.05) is 23.7 Å². The lowest BCUT2D eigenvalue weighted by atomic mass is 10.1. The summed E-state index contributed by atoms with van der Waals surface area (Å²) in [6.45, 7) is 0.531. The maximum atomic E-state index is 13.3. The Kier molecular flexibility index (Phi) is 5.63. The highest BCUT2D eigenvalue weighted by atomic mass is 32.2. The molecule has 1 saturated heterocycles. The molecule has 0 saturated carbocycles. The molecule has 1 aliphatic heterocycles. The Morgan fingerprint density at radius 3 is 2.95 bits per heavy atom. The number of anilines is 1. The van der Waals surface area contributed by atoms with Crippen LogP contribution in [0.5, 0.6) is 5.75 Å². The molecule has 0 aromatic heterocycles. The van der Waals surface area contributed by atoms with E-state index in [4.69, 9.17) is 15.9 Å². The predicted octanol–water partition coefficient (Wildman–Crippen LogP) is 2.15. The monoisotopic (exact) mass is 327 g/mol. The van der Waals surface area contributed by atoms with E-state index in [2.05, 4.69) is 10.6 Å². The average molecular weight is 327 g/mol. The number of hydrogen-bond acceptors (Lipinski definition) is 4. The Morgan fingerprint density at radius 1 is 1.45 bits per heavy atom. The second kappa shape index (κ2) is 7.47. The van der Waals surface area contributed by atoms with Gasteiger partial charge in [0.05, 0.1) is 17.5 Å². The normalized spacial score (nSPS) is 18.5. The second-order valence-corrected chi connectivity index (χ2v) is 6.77. The summed E-state index contributed by atoms with van der Waals surface area (Å²) in [5.41, 5.74) is 0.0334. The number of rotatable bonds is 6. The summed E-state index contributed by atoms with van der Waals surface area (Å²) < 4.78 is 50.7. The molecule has 22 heavy (non-hydrogen) atoms. The lowest BCUT2D eigenvalue weighted by molar-refractivity contribution is 0.0306. The lowest BCUT2D eigenvalue weighted by Crippen LogP contribution is -2.31. The van der Waals surface area contributed by atoms with Gasteiger partial charge in [-0.1, -0.05) is 5.92 Å². The minimum Gasteiger partial charge on any atom is -0.479 e. The van der Waals surface area contributed by atoms with E-state index in [1.807, 2.05) is 0 Å². The molecule has 1 N–H and O–H groups in total. The zero-order valence-electron chi connectivity index (χ0n) is 12.0. The topological polar surface area (TPSA) is 64.6 Å². The molecule has 1 unspecified atom stereocenters. The fourth-order valence-corrected chi connectivity index (χ4v) is 3.55. The highest BCUT2D eigenvalue weighted by Crippen LogP contribution is 2.27. The van der Waals surface area contributed by atoms with E-state index in [1.54, 1.807) is 0 Å². The highest BCUT2D eigenvalue weighted by molar-refractivity contribution is 7.92. The van der Waals surface area contributed by atoms with Gasteiger partial charge in [0.2, 0.25) is 10.0 Å². The van der Waals surface area contributed by atoms with Gasteiger partial charge in [-0.25, -0.2) is 12.8 Å². The zero-order chi connectivity index (χ0) is 16.0. The van der Waals surface area contributed by atoms with Gasteiger partial charge < -0.3 is 9.47 Å². The summed E-state index contributed by atoms with van der Waals surface area (Å²) in [6.07, 6.45) is 7.35. The van der Waals surface area contributed by atoms with E-state index in [0.717, 1.165) is 18.9 Å². The third-order valence-corrected chi connectivity index (χ3v) is 4.54. The molecule has 1 aromatic rings. The van der Waals surface area contributed by atoms with Crippen LogP contribution in [-0.4, -0.2) is 33.5 Å². The third-order valence-electron chi connectivity index (χ3n) is 3.20. The quantitative estimate of drug-likeness (QED) is 0.813. The van der Waals surface area contributed by atoms with Crippen LogP contribution in [0.1, 0.15) is 19.3 Å². The SMILES string of the molecule is C#CCOc1ccc(F)cc1NS(=O)(=O)CC1CCCCO1. The molecule has 0 radical (unpaired) electrons. The molecule has 0 bridgehead atoms. The van der Waals surface area contributed by atoms with Gasteiger partial charge in [0, 0.05) is 12.7 Å². The predicted molar refractivity (Wildman–Crippen MR) is 81.7 cm³/mol. The van der Waals surface area contributed by atoms with E-state index >= 15 is 0 Å². The van der Waals surface area contributed by atoms with E-state index in [9.17, 15) is 12.8 Å². The summed E-state index contributed by atoms with van der Waals surface area (Å²) in [5.74, 6) is 1.72. The molecule has 5 nitrogen and oxygen atoms in total. The zero-order valence-corrected chi connectivity index (χ0v) is 12.9. The van der Waals surface area contributed by atoms with E-state index in [1.165, 1.54) is 12.1 Å². The maximum absolute atomic E-state index is 13.3. The molecule has 7 heteroatoms. The molecule has 1 aliphatic rings. The first-order valence-corrected chi connectivity index (χ1v) is 8.63. The van der Waals surface area contributed by atoms with Crippen molar-refractivity contribution in [1.29, 1.82) is 0 Å². The van der Waals surface area contributed by atoms with Crippen molar-refractivity contribution in [2.45, 2.75) is 25.4 Å². The minimum atomic E-state index is -3.67. The molecule has 1 atom stereocenters. The lowest BCUT2D eigenvalue weighted by Gasteiger charge is -2.22. The van der Waals surface area contributed by atoms with Crippen LogP contribution in [0.25, 0.3) is 0 Å². The van der Waals surface area contributed by atoms with Gasteiger partial charge >= 0.3 is 0 Å². The van der Waals surface area contributed by atoms with Gasteiger partial charge in [-0.05, 0) is 31.4 Å². The maximum Gasteiger partial charge on any atom is 0.235 e. The van der Waals surface area contributed by atoms with Crippen LogP contribution < -0.4 is 9.46 Å². The first kappa shape index (κ1) is 16.6. The number of nitrogens with one attached hydrogen (secondary N) is 1. The van der Waals surface area contributed by atoms with Crippen LogP contribution in [0.3, 0.4) is 0 Å². The summed E-state index contributed by atoms with van der Waals surface area (Å²) in [7, 11) is -3.67. The van der Waals surface area contributed by atoms with Crippen LogP contribution in [0, 0.1) is 18.2 Å². The fourth-order valence-electron chi connectivity index (χ4n) is 2.22. The van der Waals surface area contributed by atoms with Crippen molar-refractivity contribution >= 4 is 15.7 Å². The molecule has 120 valence electrons. The van der Waals surface area contributed by atoms with Crippen molar-refractivity contribution < 1.29 is 22.3 Å². The van der Waals surface area contributed by atoms with E-state index in [0.29, 0.717) is 13.0 Å². The van der Waals surface area contributed by atoms with Crippen molar-refractivity contribution in [2.24, 2.45) is 0 Å². The number of ether oxygens (including phenoxy) is 2. The Morgan fingerprint density at radius 2 is 2.27 bits per heavy atom. The molecule has 0 aliphatic carbocycles. The Labute approximate surface area is 129 Å². The number of sulfonamides is 1. The van der Waals surface area contributed by atoms with Gasteiger partial charge in [-0.15, -0.1) is 6.42 Å². The van der Waals surface area contributed by atoms with Gasteiger partial charge in [0.25, 0.3) is 0 Å². The summed E-state index contributed by atoms with van der Waals surface area (Å²) in [5, 5.41) is 0. The smallest absolute Gasteiger partial charge is 0.235 e. The standard InChI is InChI=1S/C15H18FNO4S/c1-2-8-21-15-7-6-12(16)10-14(15)17-22(18,19)11-13-5-3-4-9-20-13/h1,6-7,10,13,17H,3-5,8-9,11H2. The molecule has 0 amide bonds. The molecule has 2 rings (SSSR count). The van der Waals surface area contributed by atoms with Crippen LogP contribution in [0.15, 0.2) is 18.2 Å². The number of halogens is 1. The van der Waals surface area contributed by atoms with E-state index < -0.39 is 15.8 Å². The van der Waals surface area contributed by atoms with Gasteiger partial charge in [0.15, 0.2) is 0 Å². The summed E-state index contributed by atoms with van der Waals surface area (Å²) in [4.78, 5) is 0. The number of terminal acetylenes is 1. The van der Waals surface area contributed by atoms with Crippen LogP contribution in [0.4, 0.5) is 10.1 Å². The first-order valence-electron chi connectivity index (χ1n) is 6.98. The van der Waals surface area contributed by atoms with Gasteiger partial charge in [0.1, 0.15) is 18.2 Å². The number of hydrogen-bond donors (Lipinski definition) is 1. The first-order chi connectivity index (χ1) is 10.5. The third kappa shape index (κ3) is 4.90. The van der Waals surface area contributed by atoms with Gasteiger partial charge in [-0.2, -0.15) is 0 Å². The molecule has 1 heterocycles. The average Bonchev–Trinajstić information content (AvgIpc) is 2.46. The summed E-state index contributed by atoms with van der Waals surface area (Å²) in [6, 6.07) is 3.57. The molecule has 0 spiro atoms. The molecule has 1 aromatic carbocycles. The molecular formula is C15H18FNO4S. The Bertz CT molecular complexity index is 648. The largest absolute Gasteiger partial charge is 0.479 e. The minimum absolute atomic E-state index is 0.0334. The summed E-state index contributed by atoms with van der Waals surface area (Å²) >= 11 is 0. The highest BCUT2D eigenvalue weighted by Gasteiger charge is 2.23. The number of benzene rings is 1. The van der Waals surface area contributed by atoms with Crippen LogP contribution in [-0.2, 0) is 14.8 Å². The van der Waals surface area contributed by atoms with Crippen molar-refractivity contribution in [1.82, 2.24) is 0 Å². The Balaban J connectivity index is 2.10. The Hall–Kier alpha value is -1.78. The molecule has 1 fully saturated rings. The second-order valence-electron chi connectivity index (χ2n) is 5.01. The van der Waals surface area contributed by atoms with E-state index in [-0.39, 0.29) is 29.9 Å². The van der Waals surface area contributed by atoms with Crippen LogP contribution >= 0.6 is 0 Å². The van der Waals surface area contributed by atoms with Crippen molar-refractivity contribution in [3.05, 3.63) is 24.0 Å². The van der Waals surface area contributed by atoms with Crippen molar-refractivity contribution in [3.63, 3.8) is 0 Å². The van der Waals surface area contributed by atoms with Crippen molar-refractivity contribution in [3.8, 4) is 18.1 Å². The van der Waals surface area contributed by atoms with Gasteiger partial charge in [-0.3, -0.25) is 4.72 Å². The van der Waals surface area contributed by atoms with Crippen LogP contribution in [0.2, 0.25) is 0 Å².